The van der Waals surface area contributed by atoms with Gasteiger partial charge in [-0.1, -0.05) is 0 Å². The highest BCUT2D eigenvalue weighted by Crippen LogP contribution is 2.45. The molecule has 1 aliphatic rings. The lowest BCUT2D eigenvalue weighted by molar-refractivity contribution is 0.0964. The molecular weight excluding hydrogens is 323 g/mol. The number of rotatable bonds is 2. The Morgan fingerprint density at radius 1 is 1.32 bits per heavy atom. The summed E-state index contributed by atoms with van der Waals surface area (Å²) in [6.45, 7) is 1.95. The van der Waals surface area contributed by atoms with E-state index in [1.54, 1.807) is 25.2 Å². The number of carbonyl (C=O) groups excluding carboxylic acids is 1. The summed E-state index contributed by atoms with van der Waals surface area (Å²) in [4.78, 5) is 12.6. The van der Waals surface area contributed by atoms with Crippen LogP contribution in [0, 0.1) is 5.82 Å². The Kier molecular flexibility index (Phi) is 3.42. The summed E-state index contributed by atoms with van der Waals surface area (Å²) in [7, 11) is 1.56. The number of carbonyl (C=O) groups is 1. The highest BCUT2D eigenvalue weighted by atomic mass is 19.1. The number of hydrogen-bond donors (Lipinski definition) is 2. The summed E-state index contributed by atoms with van der Waals surface area (Å²) in [5, 5.41) is 3.35. The maximum Gasteiger partial charge on any atom is 0.255 e. The second kappa shape index (κ2) is 5.51. The van der Waals surface area contributed by atoms with Crippen LogP contribution in [0.4, 0.5) is 10.1 Å². The van der Waals surface area contributed by atoms with Crippen LogP contribution in [0.5, 0.6) is 5.75 Å². The number of anilines is 1. The van der Waals surface area contributed by atoms with Gasteiger partial charge in [0.25, 0.3) is 5.91 Å². The summed E-state index contributed by atoms with van der Waals surface area (Å²) in [6.07, 6.45) is 0.619. The smallest absolute Gasteiger partial charge is 0.255 e. The molecule has 2 heterocycles. The molecule has 1 aromatic heterocycles. The summed E-state index contributed by atoms with van der Waals surface area (Å²) in [6, 6.07) is 7.51. The van der Waals surface area contributed by atoms with Gasteiger partial charge in [-0.15, -0.1) is 0 Å². The molecule has 0 aliphatic carbocycles. The van der Waals surface area contributed by atoms with E-state index in [4.69, 9.17) is 14.9 Å². The monoisotopic (exact) mass is 340 g/mol. The van der Waals surface area contributed by atoms with E-state index in [1.807, 2.05) is 6.92 Å². The molecule has 0 fully saturated rings. The molecular formula is C19H17FN2O3. The van der Waals surface area contributed by atoms with Crippen LogP contribution in [0.1, 0.15) is 22.8 Å². The van der Waals surface area contributed by atoms with Gasteiger partial charge in [-0.2, -0.15) is 0 Å². The van der Waals surface area contributed by atoms with E-state index in [0.29, 0.717) is 45.7 Å². The van der Waals surface area contributed by atoms with Crippen LogP contribution in [0.25, 0.3) is 22.3 Å². The van der Waals surface area contributed by atoms with Crippen LogP contribution in [-0.4, -0.2) is 19.1 Å². The summed E-state index contributed by atoms with van der Waals surface area (Å²) in [5.41, 5.74) is 9.00. The molecule has 1 amide bonds. The normalized spacial score (nSPS) is 15.9. The van der Waals surface area contributed by atoms with E-state index in [9.17, 15) is 9.18 Å². The maximum absolute atomic E-state index is 13.3. The molecule has 6 heteroatoms. The van der Waals surface area contributed by atoms with E-state index in [2.05, 4.69) is 5.32 Å². The largest absolute Gasteiger partial charge is 0.488 e. The fourth-order valence-corrected chi connectivity index (χ4v) is 3.35. The summed E-state index contributed by atoms with van der Waals surface area (Å²) < 4.78 is 25.0. The van der Waals surface area contributed by atoms with E-state index >= 15 is 0 Å². The minimum absolute atomic E-state index is 0.0235. The highest BCUT2D eigenvalue weighted by Gasteiger charge is 2.31. The van der Waals surface area contributed by atoms with Crippen molar-refractivity contribution in [2.45, 2.75) is 19.4 Å². The molecule has 5 nitrogen and oxygen atoms in total. The predicted molar refractivity (Wildman–Crippen MR) is 93.2 cm³/mol. The van der Waals surface area contributed by atoms with Crippen LogP contribution in [0.15, 0.2) is 34.7 Å². The van der Waals surface area contributed by atoms with Crippen molar-refractivity contribution in [1.82, 2.24) is 5.32 Å². The average Bonchev–Trinajstić information content (AvgIpc) is 3.15. The number of nitrogens with two attached hydrogens (primary N) is 1. The van der Waals surface area contributed by atoms with Crippen molar-refractivity contribution in [3.8, 4) is 17.1 Å². The minimum Gasteiger partial charge on any atom is -0.488 e. The van der Waals surface area contributed by atoms with Gasteiger partial charge >= 0.3 is 0 Å². The number of fused-ring (bicyclic) bond motifs is 3. The molecule has 1 atom stereocenters. The number of furan rings is 1. The first-order chi connectivity index (χ1) is 12.0. The van der Waals surface area contributed by atoms with Crippen molar-refractivity contribution >= 4 is 22.6 Å². The third kappa shape index (κ3) is 2.33. The van der Waals surface area contributed by atoms with Crippen molar-refractivity contribution < 1.29 is 18.3 Å². The van der Waals surface area contributed by atoms with Crippen molar-refractivity contribution in [3.05, 3.63) is 47.3 Å². The Hall–Kier alpha value is -3.02. The molecule has 4 rings (SSSR count). The Labute approximate surface area is 143 Å². The standard InChI is InChI=1S/C19H17FN2O3/c1-9-7-12-15-14(8-13(21)18(12)24-9)25-17(16(15)19(23)22-2)10-3-5-11(20)6-4-10/h3-6,8-9H,7,21H2,1-2H3,(H,22,23). The fraction of sp³-hybridized carbons (Fsp3) is 0.211. The quantitative estimate of drug-likeness (QED) is 0.700. The van der Waals surface area contributed by atoms with Gasteiger partial charge in [0.05, 0.1) is 11.3 Å². The van der Waals surface area contributed by atoms with Crippen molar-refractivity contribution in [2.75, 3.05) is 12.8 Å². The second-order valence-corrected chi connectivity index (χ2v) is 6.17. The van der Waals surface area contributed by atoms with E-state index in [1.165, 1.54) is 12.1 Å². The van der Waals surface area contributed by atoms with Gasteiger partial charge in [0.1, 0.15) is 29.0 Å². The van der Waals surface area contributed by atoms with Crippen molar-refractivity contribution in [3.63, 3.8) is 0 Å². The number of nitrogens with one attached hydrogen (secondary N) is 1. The first kappa shape index (κ1) is 15.5. The van der Waals surface area contributed by atoms with Crippen LogP contribution in [-0.2, 0) is 6.42 Å². The molecule has 0 bridgehead atoms. The average molecular weight is 340 g/mol. The lowest BCUT2D eigenvalue weighted by atomic mass is 9.98. The molecule has 3 N–H and O–H groups in total. The van der Waals surface area contributed by atoms with Gasteiger partial charge in [0, 0.05) is 36.0 Å². The Morgan fingerprint density at radius 3 is 2.72 bits per heavy atom. The van der Waals surface area contributed by atoms with Gasteiger partial charge in [0.15, 0.2) is 0 Å². The Bertz CT molecular complexity index is 992. The number of benzene rings is 2. The number of ether oxygens (including phenoxy) is 1. The van der Waals surface area contributed by atoms with Crippen LogP contribution >= 0.6 is 0 Å². The lowest BCUT2D eigenvalue weighted by Gasteiger charge is -2.06. The first-order valence-corrected chi connectivity index (χ1v) is 8.02. The van der Waals surface area contributed by atoms with Gasteiger partial charge in [0.2, 0.25) is 0 Å². The lowest BCUT2D eigenvalue weighted by Crippen LogP contribution is -2.18. The minimum atomic E-state index is -0.353. The molecule has 0 saturated carbocycles. The zero-order valence-electron chi connectivity index (χ0n) is 13.9. The second-order valence-electron chi connectivity index (χ2n) is 6.17. The molecule has 2 aromatic carbocycles. The van der Waals surface area contributed by atoms with Gasteiger partial charge in [-0.05, 0) is 31.2 Å². The van der Waals surface area contributed by atoms with Crippen LogP contribution < -0.4 is 15.8 Å². The predicted octanol–water partition coefficient (Wildman–Crippen LogP) is 3.50. The van der Waals surface area contributed by atoms with Gasteiger partial charge < -0.3 is 20.2 Å². The Morgan fingerprint density at radius 2 is 2.04 bits per heavy atom. The molecule has 25 heavy (non-hydrogen) atoms. The first-order valence-electron chi connectivity index (χ1n) is 8.02. The number of halogens is 1. The SMILES string of the molecule is CNC(=O)c1c(-c2ccc(F)cc2)oc2cc(N)c3c(c12)CC(C)O3. The summed E-state index contributed by atoms with van der Waals surface area (Å²) in [5.74, 6) is 0.372. The molecule has 128 valence electrons. The zero-order valence-corrected chi connectivity index (χ0v) is 13.9. The zero-order chi connectivity index (χ0) is 17.7. The van der Waals surface area contributed by atoms with Crippen molar-refractivity contribution in [2.24, 2.45) is 0 Å². The van der Waals surface area contributed by atoms with E-state index < -0.39 is 0 Å². The molecule has 0 radical (unpaired) electrons. The number of nitrogen functional groups attached to an aromatic ring is 1. The highest BCUT2D eigenvalue weighted by molar-refractivity contribution is 6.13. The van der Waals surface area contributed by atoms with E-state index in [-0.39, 0.29) is 17.8 Å². The maximum atomic E-state index is 13.3. The fourth-order valence-electron chi connectivity index (χ4n) is 3.35. The number of hydrogen-bond acceptors (Lipinski definition) is 4. The summed E-state index contributed by atoms with van der Waals surface area (Å²) >= 11 is 0. The van der Waals surface area contributed by atoms with Crippen molar-refractivity contribution in [1.29, 1.82) is 0 Å². The number of amides is 1. The molecule has 1 unspecified atom stereocenters. The molecule has 1 aliphatic heterocycles. The molecule has 3 aromatic rings. The Balaban J connectivity index is 2.06. The molecule has 0 spiro atoms. The molecule has 0 saturated heterocycles. The third-order valence-corrected chi connectivity index (χ3v) is 4.43. The van der Waals surface area contributed by atoms with Gasteiger partial charge in [-0.3, -0.25) is 4.79 Å². The van der Waals surface area contributed by atoms with Crippen LogP contribution in [0.2, 0.25) is 0 Å². The van der Waals surface area contributed by atoms with Crippen LogP contribution in [0.3, 0.4) is 0 Å². The third-order valence-electron chi connectivity index (χ3n) is 4.43. The van der Waals surface area contributed by atoms with Gasteiger partial charge in [-0.25, -0.2) is 4.39 Å². The van der Waals surface area contributed by atoms with E-state index in [0.717, 1.165) is 5.56 Å². The topological polar surface area (TPSA) is 77.5 Å².